The molecular formula is C14H20N2O4. The van der Waals surface area contributed by atoms with Crippen molar-refractivity contribution < 1.29 is 19.1 Å². The lowest BCUT2D eigenvalue weighted by Gasteiger charge is -2.10. The Kier molecular flexibility index (Phi) is 6.52. The van der Waals surface area contributed by atoms with Crippen molar-refractivity contribution in [3.05, 3.63) is 29.3 Å². The highest BCUT2D eigenvalue weighted by molar-refractivity contribution is 5.82. The molecule has 0 fully saturated rings. The van der Waals surface area contributed by atoms with E-state index in [0.717, 1.165) is 11.1 Å². The number of amides is 2. The molecule has 0 aliphatic heterocycles. The molecular weight excluding hydrogens is 260 g/mol. The first-order valence-corrected chi connectivity index (χ1v) is 6.29. The first-order valence-electron chi connectivity index (χ1n) is 6.29. The number of nitrogens with one attached hydrogen (secondary N) is 2. The summed E-state index contributed by atoms with van der Waals surface area (Å²) < 4.78 is 10.2. The van der Waals surface area contributed by atoms with Crippen molar-refractivity contribution in [3.8, 4) is 5.75 Å². The monoisotopic (exact) mass is 280 g/mol. The normalized spacial score (nSPS) is 9.95. The predicted octanol–water partition coefficient (Wildman–Crippen LogP) is 0.866. The van der Waals surface area contributed by atoms with Crippen molar-refractivity contribution in [1.82, 2.24) is 10.9 Å². The molecule has 1 aromatic carbocycles. The Hall–Kier alpha value is -2.08. The van der Waals surface area contributed by atoms with E-state index in [1.54, 1.807) is 0 Å². The summed E-state index contributed by atoms with van der Waals surface area (Å²) in [4.78, 5) is 22.7. The van der Waals surface area contributed by atoms with E-state index in [1.807, 2.05) is 32.0 Å². The number of carbonyl (C=O) groups is 2. The molecule has 0 aromatic heterocycles. The number of benzene rings is 1. The van der Waals surface area contributed by atoms with Gasteiger partial charge < -0.3 is 9.47 Å². The van der Waals surface area contributed by atoms with Crippen molar-refractivity contribution in [3.63, 3.8) is 0 Å². The fourth-order valence-corrected chi connectivity index (χ4v) is 1.44. The minimum atomic E-state index is -0.420. The van der Waals surface area contributed by atoms with Crippen molar-refractivity contribution in [2.24, 2.45) is 0 Å². The number of aryl methyl sites for hydroxylation is 2. The molecule has 0 heterocycles. The van der Waals surface area contributed by atoms with E-state index in [0.29, 0.717) is 12.4 Å². The molecule has 0 saturated heterocycles. The zero-order chi connectivity index (χ0) is 15.0. The van der Waals surface area contributed by atoms with Crippen LogP contribution in [0.3, 0.4) is 0 Å². The lowest BCUT2D eigenvalue weighted by Crippen LogP contribution is -2.44. The van der Waals surface area contributed by atoms with Crippen LogP contribution >= 0.6 is 0 Å². The van der Waals surface area contributed by atoms with Gasteiger partial charge in [0.1, 0.15) is 5.75 Å². The van der Waals surface area contributed by atoms with Gasteiger partial charge in [-0.1, -0.05) is 12.1 Å². The van der Waals surface area contributed by atoms with E-state index in [2.05, 4.69) is 10.9 Å². The van der Waals surface area contributed by atoms with Crippen LogP contribution in [0.15, 0.2) is 18.2 Å². The van der Waals surface area contributed by atoms with Crippen LogP contribution < -0.4 is 15.6 Å². The highest BCUT2D eigenvalue weighted by Gasteiger charge is 2.06. The largest absolute Gasteiger partial charge is 0.483 e. The van der Waals surface area contributed by atoms with E-state index in [4.69, 9.17) is 9.47 Å². The first kappa shape index (κ1) is 16.0. The minimum Gasteiger partial charge on any atom is -0.483 e. The van der Waals surface area contributed by atoms with Crippen molar-refractivity contribution >= 4 is 11.8 Å². The number of methoxy groups -OCH3 is 1. The summed E-state index contributed by atoms with van der Waals surface area (Å²) in [6.45, 7) is 4.00. The second kappa shape index (κ2) is 8.16. The Morgan fingerprint density at radius 2 is 1.85 bits per heavy atom. The summed E-state index contributed by atoms with van der Waals surface area (Å²) in [5.74, 6) is -0.0746. The van der Waals surface area contributed by atoms with Gasteiger partial charge in [0.15, 0.2) is 6.61 Å². The van der Waals surface area contributed by atoms with Crippen molar-refractivity contribution in [2.75, 3.05) is 20.3 Å². The fraction of sp³-hybridized carbons (Fsp3) is 0.429. The predicted molar refractivity (Wildman–Crippen MR) is 74.2 cm³/mol. The minimum absolute atomic E-state index is 0.158. The third kappa shape index (κ3) is 5.71. The molecule has 2 N–H and O–H groups in total. The summed E-state index contributed by atoms with van der Waals surface area (Å²) in [6.07, 6.45) is 0.189. The van der Waals surface area contributed by atoms with Gasteiger partial charge in [-0.15, -0.1) is 0 Å². The van der Waals surface area contributed by atoms with E-state index in [-0.39, 0.29) is 18.9 Å². The Labute approximate surface area is 118 Å². The average Bonchev–Trinajstić information content (AvgIpc) is 2.43. The molecule has 0 saturated carbocycles. The molecule has 0 aliphatic carbocycles. The maximum absolute atomic E-state index is 11.5. The molecule has 0 bridgehead atoms. The standard InChI is InChI=1S/C14H20N2O4/c1-10-4-5-11(2)12(8-10)20-9-14(18)16-15-13(17)6-7-19-3/h4-5,8H,6-7,9H2,1-3H3,(H,15,17)(H,16,18). The summed E-state index contributed by atoms with van der Waals surface area (Å²) in [7, 11) is 1.50. The Morgan fingerprint density at radius 3 is 2.55 bits per heavy atom. The zero-order valence-corrected chi connectivity index (χ0v) is 12.0. The third-order valence-corrected chi connectivity index (χ3v) is 2.58. The van der Waals surface area contributed by atoms with Gasteiger partial charge in [0.25, 0.3) is 5.91 Å². The lowest BCUT2D eigenvalue weighted by molar-refractivity contribution is -0.130. The Balaban J connectivity index is 2.33. The van der Waals surface area contributed by atoms with Gasteiger partial charge in [-0.3, -0.25) is 20.4 Å². The Morgan fingerprint density at radius 1 is 1.15 bits per heavy atom. The molecule has 2 amide bonds. The van der Waals surface area contributed by atoms with E-state index >= 15 is 0 Å². The van der Waals surface area contributed by atoms with Gasteiger partial charge in [0.05, 0.1) is 13.0 Å². The lowest BCUT2D eigenvalue weighted by atomic mass is 10.1. The molecule has 6 nitrogen and oxygen atoms in total. The second-order valence-electron chi connectivity index (χ2n) is 4.40. The number of hydrogen-bond acceptors (Lipinski definition) is 4. The van der Waals surface area contributed by atoms with Crippen LogP contribution in [0.25, 0.3) is 0 Å². The zero-order valence-electron chi connectivity index (χ0n) is 12.0. The van der Waals surface area contributed by atoms with E-state index in [1.165, 1.54) is 7.11 Å². The van der Waals surface area contributed by atoms with Crippen LogP contribution in [0.2, 0.25) is 0 Å². The second-order valence-corrected chi connectivity index (χ2v) is 4.40. The third-order valence-electron chi connectivity index (χ3n) is 2.58. The Bertz CT molecular complexity index is 474. The molecule has 1 aromatic rings. The topological polar surface area (TPSA) is 76.7 Å². The van der Waals surface area contributed by atoms with Crippen LogP contribution in [0.4, 0.5) is 0 Å². The van der Waals surface area contributed by atoms with Crippen molar-refractivity contribution in [2.45, 2.75) is 20.3 Å². The van der Waals surface area contributed by atoms with Gasteiger partial charge in [-0.2, -0.15) is 0 Å². The quantitative estimate of drug-likeness (QED) is 0.758. The number of hydrazine groups is 1. The van der Waals surface area contributed by atoms with Crippen LogP contribution in [-0.4, -0.2) is 32.1 Å². The van der Waals surface area contributed by atoms with Crippen LogP contribution in [0, 0.1) is 13.8 Å². The highest BCUT2D eigenvalue weighted by atomic mass is 16.5. The number of ether oxygens (including phenoxy) is 2. The maximum Gasteiger partial charge on any atom is 0.276 e. The summed E-state index contributed by atoms with van der Waals surface area (Å²) in [6, 6.07) is 5.76. The molecule has 0 unspecified atom stereocenters. The van der Waals surface area contributed by atoms with E-state index in [9.17, 15) is 9.59 Å². The van der Waals surface area contributed by atoms with Crippen LogP contribution in [-0.2, 0) is 14.3 Å². The van der Waals surface area contributed by atoms with Gasteiger partial charge in [-0.05, 0) is 31.0 Å². The maximum atomic E-state index is 11.5. The fourth-order valence-electron chi connectivity index (χ4n) is 1.44. The molecule has 0 atom stereocenters. The first-order chi connectivity index (χ1) is 9.52. The average molecular weight is 280 g/mol. The van der Waals surface area contributed by atoms with Gasteiger partial charge in [0.2, 0.25) is 5.91 Å². The van der Waals surface area contributed by atoms with Gasteiger partial charge in [-0.25, -0.2) is 0 Å². The van der Waals surface area contributed by atoms with Crippen molar-refractivity contribution in [1.29, 1.82) is 0 Å². The summed E-state index contributed by atoms with van der Waals surface area (Å²) in [5.41, 5.74) is 6.56. The number of rotatable bonds is 6. The molecule has 0 spiro atoms. The summed E-state index contributed by atoms with van der Waals surface area (Å²) in [5, 5.41) is 0. The summed E-state index contributed by atoms with van der Waals surface area (Å²) >= 11 is 0. The van der Waals surface area contributed by atoms with Gasteiger partial charge >= 0.3 is 0 Å². The molecule has 20 heavy (non-hydrogen) atoms. The molecule has 1 rings (SSSR count). The number of hydrogen-bond donors (Lipinski definition) is 2. The SMILES string of the molecule is COCCC(=O)NNC(=O)COc1cc(C)ccc1C. The highest BCUT2D eigenvalue weighted by Crippen LogP contribution is 2.18. The van der Waals surface area contributed by atoms with Crippen LogP contribution in [0.1, 0.15) is 17.5 Å². The van der Waals surface area contributed by atoms with Gasteiger partial charge in [0, 0.05) is 7.11 Å². The number of carbonyl (C=O) groups excluding carboxylic acids is 2. The van der Waals surface area contributed by atoms with E-state index < -0.39 is 5.91 Å². The molecule has 0 aliphatic rings. The van der Waals surface area contributed by atoms with Crippen LogP contribution in [0.5, 0.6) is 5.75 Å². The smallest absolute Gasteiger partial charge is 0.276 e. The molecule has 6 heteroatoms. The molecule has 0 radical (unpaired) electrons. The molecule has 110 valence electrons.